The minimum Gasteiger partial charge on any atom is -0.398 e. The standard InChI is InChI=1S/C10H12N2S/c1-8-3-4-9(12)10(7-8)13-6-2-5-11/h3-4,7H,2,6,12H2,1H3. The van der Waals surface area contributed by atoms with Gasteiger partial charge in [-0.1, -0.05) is 6.07 Å². The van der Waals surface area contributed by atoms with Crippen LogP contribution in [-0.4, -0.2) is 5.75 Å². The number of rotatable bonds is 3. The summed E-state index contributed by atoms with van der Waals surface area (Å²) in [5.74, 6) is 0.810. The molecule has 0 unspecified atom stereocenters. The Kier molecular flexibility index (Phi) is 3.66. The number of nitrogens with zero attached hydrogens (tertiary/aromatic N) is 1. The van der Waals surface area contributed by atoms with Crippen molar-refractivity contribution in [2.75, 3.05) is 11.5 Å². The molecule has 2 N–H and O–H groups in total. The fourth-order valence-electron chi connectivity index (χ4n) is 0.973. The first kappa shape index (κ1) is 9.94. The summed E-state index contributed by atoms with van der Waals surface area (Å²) in [5.41, 5.74) is 7.77. The first-order valence-corrected chi connectivity index (χ1v) is 5.08. The first-order chi connectivity index (χ1) is 6.24. The van der Waals surface area contributed by atoms with Crippen LogP contribution in [0.3, 0.4) is 0 Å². The molecule has 0 atom stereocenters. The maximum atomic E-state index is 8.37. The molecule has 1 aromatic carbocycles. The highest BCUT2D eigenvalue weighted by molar-refractivity contribution is 7.99. The van der Waals surface area contributed by atoms with Crippen molar-refractivity contribution >= 4 is 17.4 Å². The minimum atomic E-state index is 0.568. The zero-order valence-electron chi connectivity index (χ0n) is 7.58. The van der Waals surface area contributed by atoms with Crippen LogP contribution in [0.15, 0.2) is 23.1 Å². The average molecular weight is 192 g/mol. The highest BCUT2D eigenvalue weighted by Crippen LogP contribution is 2.26. The highest BCUT2D eigenvalue weighted by Gasteiger charge is 1.99. The van der Waals surface area contributed by atoms with Crippen molar-refractivity contribution in [1.82, 2.24) is 0 Å². The number of benzene rings is 1. The number of hydrogen-bond donors (Lipinski definition) is 1. The molecule has 0 amide bonds. The molecular formula is C10H12N2S. The van der Waals surface area contributed by atoms with Crippen molar-refractivity contribution in [1.29, 1.82) is 5.26 Å². The SMILES string of the molecule is Cc1ccc(N)c(SCCC#N)c1. The predicted octanol–water partition coefficient (Wildman–Crippen LogP) is 2.58. The van der Waals surface area contributed by atoms with E-state index in [2.05, 4.69) is 12.1 Å². The highest BCUT2D eigenvalue weighted by atomic mass is 32.2. The second kappa shape index (κ2) is 4.78. The van der Waals surface area contributed by atoms with Gasteiger partial charge >= 0.3 is 0 Å². The molecule has 0 saturated carbocycles. The van der Waals surface area contributed by atoms with Gasteiger partial charge < -0.3 is 5.73 Å². The van der Waals surface area contributed by atoms with Crippen LogP contribution < -0.4 is 5.73 Å². The molecule has 68 valence electrons. The molecular weight excluding hydrogens is 180 g/mol. The van der Waals surface area contributed by atoms with E-state index in [0.29, 0.717) is 6.42 Å². The molecule has 0 fully saturated rings. The van der Waals surface area contributed by atoms with Crippen LogP contribution in [-0.2, 0) is 0 Å². The molecule has 0 saturated heterocycles. The van der Waals surface area contributed by atoms with Crippen LogP contribution in [0.2, 0.25) is 0 Å². The van der Waals surface area contributed by atoms with E-state index in [0.717, 1.165) is 16.3 Å². The number of hydrogen-bond acceptors (Lipinski definition) is 3. The Morgan fingerprint density at radius 2 is 2.31 bits per heavy atom. The van der Waals surface area contributed by atoms with Crippen LogP contribution in [0.4, 0.5) is 5.69 Å². The fraction of sp³-hybridized carbons (Fsp3) is 0.300. The van der Waals surface area contributed by atoms with Crippen LogP contribution in [0.5, 0.6) is 0 Å². The van der Waals surface area contributed by atoms with Crippen molar-refractivity contribution in [2.45, 2.75) is 18.2 Å². The van der Waals surface area contributed by atoms with Crippen molar-refractivity contribution in [3.63, 3.8) is 0 Å². The zero-order valence-corrected chi connectivity index (χ0v) is 8.40. The summed E-state index contributed by atoms with van der Waals surface area (Å²) in [6, 6.07) is 8.06. The van der Waals surface area contributed by atoms with E-state index in [9.17, 15) is 0 Å². The summed E-state index contributed by atoms with van der Waals surface area (Å²) < 4.78 is 0. The Bertz CT molecular complexity index is 328. The maximum Gasteiger partial charge on any atom is 0.0630 e. The molecule has 3 heteroatoms. The van der Waals surface area contributed by atoms with Crippen molar-refractivity contribution in [2.24, 2.45) is 0 Å². The van der Waals surface area contributed by atoms with Gasteiger partial charge in [0, 0.05) is 22.8 Å². The van der Waals surface area contributed by atoms with Gasteiger partial charge in [0.1, 0.15) is 0 Å². The summed E-state index contributed by atoms with van der Waals surface area (Å²) in [6.07, 6.45) is 0.568. The molecule has 0 aromatic heterocycles. The topological polar surface area (TPSA) is 49.8 Å². The van der Waals surface area contributed by atoms with E-state index in [1.54, 1.807) is 11.8 Å². The number of aryl methyl sites for hydroxylation is 1. The summed E-state index contributed by atoms with van der Waals surface area (Å²) in [4.78, 5) is 1.08. The van der Waals surface area contributed by atoms with Gasteiger partial charge in [-0.05, 0) is 24.6 Å². The van der Waals surface area contributed by atoms with Gasteiger partial charge in [0.15, 0.2) is 0 Å². The Balaban J connectivity index is 2.65. The van der Waals surface area contributed by atoms with E-state index in [4.69, 9.17) is 11.0 Å². The molecule has 0 aliphatic carbocycles. The number of anilines is 1. The van der Waals surface area contributed by atoms with Crippen LogP contribution in [0.1, 0.15) is 12.0 Å². The lowest BCUT2D eigenvalue weighted by atomic mass is 10.2. The molecule has 0 aliphatic rings. The van der Waals surface area contributed by atoms with Gasteiger partial charge in [-0.25, -0.2) is 0 Å². The van der Waals surface area contributed by atoms with E-state index >= 15 is 0 Å². The lowest BCUT2D eigenvalue weighted by Gasteiger charge is -2.04. The Labute approximate surface area is 82.7 Å². The molecule has 0 radical (unpaired) electrons. The number of nitrogens with two attached hydrogens (primary N) is 1. The van der Waals surface area contributed by atoms with E-state index in [1.807, 2.05) is 19.1 Å². The third kappa shape index (κ3) is 3.00. The minimum absolute atomic E-state index is 0.568. The number of nitrogen functional groups attached to an aromatic ring is 1. The van der Waals surface area contributed by atoms with Gasteiger partial charge in [0.2, 0.25) is 0 Å². The molecule has 2 nitrogen and oxygen atoms in total. The van der Waals surface area contributed by atoms with E-state index < -0.39 is 0 Å². The first-order valence-electron chi connectivity index (χ1n) is 4.10. The molecule has 0 spiro atoms. The number of nitriles is 1. The van der Waals surface area contributed by atoms with Crippen molar-refractivity contribution in [3.8, 4) is 6.07 Å². The Morgan fingerprint density at radius 1 is 1.54 bits per heavy atom. The van der Waals surface area contributed by atoms with Gasteiger partial charge in [-0.3, -0.25) is 0 Å². The quantitative estimate of drug-likeness (QED) is 0.455. The van der Waals surface area contributed by atoms with Gasteiger partial charge in [0.05, 0.1) is 6.07 Å². The lowest BCUT2D eigenvalue weighted by Crippen LogP contribution is -1.89. The van der Waals surface area contributed by atoms with Crippen molar-refractivity contribution in [3.05, 3.63) is 23.8 Å². The third-order valence-corrected chi connectivity index (χ3v) is 2.71. The molecule has 0 bridgehead atoms. The Morgan fingerprint density at radius 3 is 3.00 bits per heavy atom. The van der Waals surface area contributed by atoms with Gasteiger partial charge in [-0.2, -0.15) is 5.26 Å². The fourth-order valence-corrected chi connectivity index (χ4v) is 1.89. The second-order valence-corrected chi connectivity index (χ2v) is 3.93. The third-order valence-electron chi connectivity index (χ3n) is 1.64. The van der Waals surface area contributed by atoms with Gasteiger partial charge in [-0.15, -0.1) is 11.8 Å². The molecule has 0 heterocycles. The summed E-state index contributed by atoms with van der Waals surface area (Å²) in [5, 5.41) is 8.37. The average Bonchev–Trinajstić information content (AvgIpc) is 2.11. The summed E-state index contributed by atoms with van der Waals surface area (Å²) >= 11 is 1.64. The van der Waals surface area contributed by atoms with Crippen LogP contribution >= 0.6 is 11.8 Å². The molecule has 0 aliphatic heterocycles. The van der Waals surface area contributed by atoms with Crippen LogP contribution in [0, 0.1) is 18.3 Å². The number of thioether (sulfide) groups is 1. The van der Waals surface area contributed by atoms with Crippen molar-refractivity contribution < 1.29 is 0 Å². The lowest BCUT2D eigenvalue weighted by molar-refractivity contribution is 1.23. The summed E-state index contributed by atoms with van der Waals surface area (Å²) in [6.45, 7) is 2.04. The summed E-state index contributed by atoms with van der Waals surface area (Å²) in [7, 11) is 0. The Hall–Kier alpha value is -1.14. The van der Waals surface area contributed by atoms with E-state index in [-0.39, 0.29) is 0 Å². The maximum absolute atomic E-state index is 8.37. The largest absolute Gasteiger partial charge is 0.398 e. The molecule has 1 rings (SSSR count). The molecule has 1 aromatic rings. The zero-order chi connectivity index (χ0) is 9.68. The predicted molar refractivity (Wildman–Crippen MR) is 56.5 cm³/mol. The smallest absolute Gasteiger partial charge is 0.0630 e. The van der Waals surface area contributed by atoms with Gasteiger partial charge in [0.25, 0.3) is 0 Å². The van der Waals surface area contributed by atoms with Crippen LogP contribution in [0.25, 0.3) is 0 Å². The second-order valence-electron chi connectivity index (χ2n) is 2.80. The monoisotopic (exact) mass is 192 g/mol. The van der Waals surface area contributed by atoms with E-state index in [1.165, 1.54) is 5.56 Å². The molecule has 13 heavy (non-hydrogen) atoms. The normalized spacial score (nSPS) is 9.54.